The molecule has 0 spiro atoms. The van der Waals surface area contributed by atoms with E-state index in [1.165, 1.54) is 12.0 Å². The predicted octanol–water partition coefficient (Wildman–Crippen LogP) is 2.41. The van der Waals surface area contributed by atoms with E-state index in [9.17, 15) is 0 Å². The lowest BCUT2D eigenvalue weighted by atomic mass is 10.1. The highest BCUT2D eigenvalue weighted by Crippen LogP contribution is 2.25. The summed E-state index contributed by atoms with van der Waals surface area (Å²) in [4.78, 5) is 2.53. The first-order valence-corrected chi connectivity index (χ1v) is 8.52. The minimum absolute atomic E-state index is 0.276. The first-order chi connectivity index (χ1) is 10.7. The summed E-state index contributed by atoms with van der Waals surface area (Å²) in [5.74, 6) is 1.59. The van der Waals surface area contributed by atoms with E-state index < -0.39 is 0 Å². The van der Waals surface area contributed by atoms with Gasteiger partial charge in [-0.2, -0.15) is 0 Å². The molecular weight excluding hydrogens is 276 g/mol. The number of rotatable bonds is 6. The summed E-state index contributed by atoms with van der Waals surface area (Å²) >= 11 is 0. The minimum Gasteiger partial charge on any atom is -0.491 e. The van der Waals surface area contributed by atoms with Gasteiger partial charge in [0.15, 0.2) is 0 Å². The highest BCUT2D eigenvalue weighted by Gasteiger charge is 2.27. The van der Waals surface area contributed by atoms with Gasteiger partial charge in [0, 0.05) is 25.7 Å². The van der Waals surface area contributed by atoms with Crippen LogP contribution in [0.3, 0.4) is 0 Å². The molecule has 0 radical (unpaired) electrons. The van der Waals surface area contributed by atoms with Crippen LogP contribution in [-0.2, 0) is 11.3 Å². The summed E-state index contributed by atoms with van der Waals surface area (Å²) in [5, 5.41) is 0. The van der Waals surface area contributed by atoms with Gasteiger partial charge in [-0.3, -0.25) is 4.90 Å². The highest BCUT2D eigenvalue weighted by atomic mass is 16.5. The third-order valence-electron chi connectivity index (χ3n) is 4.89. The fourth-order valence-electron chi connectivity index (χ4n) is 3.50. The van der Waals surface area contributed by atoms with Gasteiger partial charge < -0.3 is 15.2 Å². The van der Waals surface area contributed by atoms with Crippen molar-refractivity contribution in [2.75, 3.05) is 26.3 Å². The number of benzene rings is 1. The second-order valence-electron chi connectivity index (χ2n) is 6.71. The van der Waals surface area contributed by atoms with Crippen molar-refractivity contribution in [2.24, 2.45) is 11.7 Å². The Morgan fingerprint density at radius 1 is 1.32 bits per heavy atom. The molecule has 2 N–H and O–H groups in total. The van der Waals surface area contributed by atoms with Crippen molar-refractivity contribution >= 4 is 0 Å². The Labute approximate surface area is 133 Å². The largest absolute Gasteiger partial charge is 0.491 e. The van der Waals surface area contributed by atoms with Crippen LogP contribution in [0.15, 0.2) is 24.3 Å². The lowest BCUT2D eigenvalue weighted by molar-refractivity contribution is 0.0679. The molecule has 0 aromatic heterocycles. The topological polar surface area (TPSA) is 47.7 Å². The molecule has 2 saturated heterocycles. The Bertz CT molecular complexity index is 457. The van der Waals surface area contributed by atoms with Crippen molar-refractivity contribution in [1.82, 2.24) is 4.90 Å². The first kappa shape index (κ1) is 15.8. The van der Waals surface area contributed by atoms with Gasteiger partial charge in [0.05, 0.1) is 6.10 Å². The molecule has 4 heteroatoms. The number of nitrogens with two attached hydrogens (primary N) is 1. The molecule has 0 saturated carbocycles. The number of likely N-dealkylation sites (tertiary alicyclic amines) is 1. The monoisotopic (exact) mass is 304 g/mol. The van der Waals surface area contributed by atoms with Gasteiger partial charge >= 0.3 is 0 Å². The van der Waals surface area contributed by atoms with Crippen molar-refractivity contribution in [3.05, 3.63) is 29.8 Å². The molecule has 122 valence electrons. The van der Waals surface area contributed by atoms with Crippen LogP contribution in [0.1, 0.15) is 31.7 Å². The lowest BCUT2D eigenvalue weighted by Crippen LogP contribution is -2.27. The molecule has 1 aromatic carbocycles. The molecule has 2 aliphatic heterocycles. The van der Waals surface area contributed by atoms with Gasteiger partial charge in [-0.25, -0.2) is 0 Å². The molecule has 0 amide bonds. The van der Waals surface area contributed by atoms with E-state index in [4.69, 9.17) is 15.2 Å². The molecule has 2 fully saturated rings. The van der Waals surface area contributed by atoms with Crippen molar-refractivity contribution in [3.63, 3.8) is 0 Å². The second-order valence-corrected chi connectivity index (χ2v) is 6.71. The Balaban J connectivity index is 1.48. The molecule has 0 aliphatic carbocycles. The number of ether oxygens (including phenoxy) is 2. The van der Waals surface area contributed by atoms with Crippen LogP contribution in [0.5, 0.6) is 5.75 Å². The van der Waals surface area contributed by atoms with Gasteiger partial charge in [0.2, 0.25) is 0 Å². The van der Waals surface area contributed by atoms with E-state index in [0.29, 0.717) is 18.6 Å². The Morgan fingerprint density at radius 2 is 2.14 bits per heavy atom. The summed E-state index contributed by atoms with van der Waals surface area (Å²) < 4.78 is 11.4. The molecule has 1 aromatic rings. The molecule has 2 heterocycles. The summed E-state index contributed by atoms with van der Waals surface area (Å²) in [5.41, 5.74) is 7.14. The van der Waals surface area contributed by atoms with Crippen molar-refractivity contribution < 1.29 is 9.47 Å². The zero-order chi connectivity index (χ0) is 15.4. The Morgan fingerprint density at radius 3 is 2.77 bits per heavy atom. The van der Waals surface area contributed by atoms with Crippen molar-refractivity contribution in [2.45, 2.75) is 44.9 Å². The zero-order valence-corrected chi connectivity index (χ0v) is 13.5. The van der Waals surface area contributed by atoms with Gasteiger partial charge in [0.25, 0.3) is 0 Å². The van der Waals surface area contributed by atoms with Crippen LogP contribution >= 0.6 is 0 Å². The van der Waals surface area contributed by atoms with Crippen LogP contribution in [0.2, 0.25) is 0 Å². The number of hydrogen-bond donors (Lipinski definition) is 1. The average Bonchev–Trinajstić information content (AvgIpc) is 3.17. The Kier molecular flexibility index (Phi) is 5.34. The normalized spacial score (nSPS) is 29.1. The van der Waals surface area contributed by atoms with Crippen LogP contribution in [-0.4, -0.2) is 43.3 Å². The predicted molar refractivity (Wildman–Crippen MR) is 87.9 cm³/mol. The third-order valence-corrected chi connectivity index (χ3v) is 4.89. The van der Waals surface area contributed by atoms with Crippen LogP contribution < -0.4 is 10.5 Å². The van der Waals surface area contributed by atoms with Crippen molar-refractivity contribution in [3.8, 4) is 5.75 Å². The molecular formula is C18H28N2O2. The molecule has 3 atom stereocenters. The smallest absolute Gasteiger partial charge is 0.119 e. The molecule has 3 rings (SSSR count). The molecule has 3 unspecified atom stereocenters. The molecule has 22 heavy (non-hydrogen) atoms. The summed E-state index contributed by atoms with van der Waals surface area (Å²) in [7, 11) is 0. The highest BCUT2D eigenvalue weighted by molar-refractivity contribution is 5.27. The van der Waals surface area contributed by atoms with Gasteiger partial charge in [0.1, 0.15) is 12.4 Å². The van der Waals surface area contributed by atoms with Crippen molar-refractivity contribution in [1.29, 1.82) is 0 Å². The van der Waals surface area contributed by atoms with Crippen LogP contribution in [0, 0.1) is 5.92 Å². The van der Waals surface area contributed by atoms with E-state index >= 15 is 0 Å². The minimum atomic E-state index is 0.276. The number of hydrogen-bond acceptors (Lipinski definition) is 4. The standard InChI is InChI=1S/C18H28N2O2/c1-14-9-16(10-19)12-20(14)11-15-4-6-17(7-5-15)22-13-18-3-2-8-21-18/h4-7,14,16,18H,2-3,8-13,19H2,1H3. The third kappa shape index (κ3) is 4.00. The van der Waals surface area contributed by atoms with E-state index in [1.54, 1.807) is 0 Å². The van der Waals surface area contributed by atoms with E-state index in [-0.39, 0.29) is 6.10 Å². The maximum Gasteiger partial charge on any atom is 0.119 e. The summed E-state index contributed by atoms with van der Waals surface area (Å²) in [6.45, 7) is 6.77. The van der Waals surface area contributed by atoms with Crippen LogP contribution in [0.25, 0.3) is 0 Å². The fraction of sp³-hybridized carbons (Fsp3) is 0.667. The lowest BCUT2D eigenvalue weighted by Gasteiger charge is -2.21. The maximum absolute atomic E-state index is 5.82. The van der Waals surface area contributed by atoms with E-state index in [0.717, 1.165) is 44.8 Å². The van der Waals surface area contributed by atoms with Crippen LogP contribution in [0.4, 0.5) is 0 Å². The Hall–Kier alpha value is -1.10. The van der Waals surface area contributed by atoms with E-state index in [2.05, 4.69) is 36.1 Å². The van der Waals surface area contributed by atoms with Gasteiger partial charge in [-0.15, -0.1) is 0 Å². The zero-order valence-electron chi connectivity index (χ0n) is 13.5. The fourth-order valence-corrected chi connectivity index (χ4v) is 3.50. The number of nitrogens with zero attached hydrogens (tertiary/aromatic N) is 1. The quantitative estimate of drug-likeness (QED) is 0.877. The first-order valence-electron chi connectivity index (χ1n) is 8.52. The summed E-state index contributed by atoms with van der Waals surface area (Å²) in [6, 6.07) is 9.13. The second kappa shape index (κ2) is 7.44. The SMILES string of the molecule is CC1CC(CN)CN1Cc1ccc(OCC2CCCO2)cc1. The molecule has 2 aliphatic rings. The van der Waals surface area contributed by atoms with Gasteiger partial charge in [-0.1, -0.05) is 12.1 Å². The van der Waals surface area contributed by atoms with Gasteiger partial charge in [-0.05, 0) is 56.3 Å². The average molecular weight is 304 g/mol. The molecule has 4 nitrogen and oxygen atoms in total. The van der Waals surface area contributed by atoms with E-state index in [1.807, 2.05) is 0 Å². The summed E-state index contributed by atoms with van der Waals surface area (Å²) in [6.07, 6.45) is 3.77. The maximum atomic E-state index is 5.82. The molecule has 0 bridgehead atoms.